The van der Waals surface area contributed by atoms with Gasteiger partial charge in [0.15, 0.2) is 0 Å². The average Bonchev–Trinajstić information content (AvgIpc) is 2.08. The lowest BCUT2D eigenvalue weighted by Crippen LogP contribution is -1.99. The average molecular weight is 165 g/mol. The molecule has 0 aliphatic rings. The molecule has 4 nitrogen and oxygen atoms in total. The van der Waals surface area contributed by atoms with Crippen LogP contribution >= 0.6 is 0 Å². The largest absolute Gasteiger partial charge is 0.397 e. The Morgan fingerprint density at radius 1 is 1.42 bits per heavy atom. The lowest BCUT2D eigenvalue weighted by molar-refractivity contribution is 0.133. The molecule has 0 radical (unpaired) electrons. The number of oxime groups is 1. The Labute approximate surface area is 70.8 Å². The van der Waals surface area contributed by atoms with Crippen LogP contribution in [0.2, 0.25) is 0 Å². The van der Waals surface area contributed by atoms with Crippen LogP contribution in [0.4, 0.5) is 11.4 Å². The Kier molecular flexibility index (Phi) is 2.53. The van der Waals surface area contributed by atoms with Crippen molar-refractivity contribution in [1.29, 1.82) is 0 Å². The maximum Gasteiger partial charge on any atom is 0.144 e. The monoisotopic (exact) mass is 165 g/mol. The minimum absolute atomic E-state index is 0.306. The Morgan fingerprint density at radius 2 is 2.17 bits per heavy atom. The molecule has 0 amide bonds. The Bertz CT molecular complexity index is 286. The number of hydrogen-bond donors (Lipinski definition) is 2. The van der Waals surface area contributed by atoms with Crippen LogP contribution in [0, 0.1) is 0 Å². The molecular formula is C8H11N3O. The molecule has 0 aliphatic heterocycles. The molecule has 0 atom stereocenters. The van der Waals surface area contributed by atoms with Gasteiger partial charge in [0.25, 0.3) is 0 Å². The second-order valence-electron chi connectivity index (χ2n) is 2.32. The summed E-state index contributed by atoms with van der Waals surface area (Å²) < 4.78 is 0. The van der Waals surface area contributed by atoms with Crippen molar-refractivity contribution in [2.45, 2.75) is 6.61 Å². The van der Waals surface area contributed by atoms with Crippen LogP contribution in [0.5, 0.6) is 0 Å². The molecule has 12 heavy (non-hydrogen) atoms. The van der Waals surface area contributed by atoms with Crippen molar-refractivity contribution in [3.63, 3.8) is 0 Å². The third-order valence-electron chi connectivity index (χ3n) is 1.54. The third-order valence-corrected chi connectivity index (χ3v) is 1.54. The number of nitrogen functional groups attached to an aromatic ring is 2. The molecule has 0 saturated heterocycles. The first-order valence-electron chi connectivity index (χ1n) is 3.46. The Balaban J connectivity index is 2.84. The molecule has 0 saturated carbocycles. The van der Waals surface area contributed by atoms with Gasteiger partial charge in [-0.25, -0.2) is 0 Å². The number of hydrogen-bond acceptors (Lipinski definition) is 4. The van der Waals surface area contributed by atoms with Crippen molar-refractivity contribution in [1.82, 2.24) is 0 Å². The summed E-state index contributed by atoms with van der Waals surface area (Å²) in [5, 5.41) is 3.26. The molecule has 4 N–H and O–H groups in total. The van der Waals surface area contributed by atoms with Crippen LogP contribution in [0.1, 0.15) is 5.56 Å². The van der Waals surface area contributed by atoms with Gasteiger partial charge >= 0.3 is 0 Å². The summed E-state index contributed by atoms with van der Waals surface area (Å²) in [5.41, 5.74) is 13.1. The van der Waals surface area contributed by atoms with E-state index in [1.807, 2.05) is 12.1 Å². The van der Waals surface area contributed by atoms with Crippen molar-refractivity contribution < 1.29 is 4.84 Å². The van der Waals surface area contributed by atoms with Crippen molar-refractivity contribution in [3.8, 4) is 0 Å². The quantitative estimate of drug-likeness (QED) is 0.398. The Morgan fingerprint density at radius 3 is 2.83 bits per heavy atom. The molecule has 0 fully saturated rings. The van der Waals surface area contributed by atoms with Crippen LogP contribution in [0.15, 0.2) is 23.4 Å². The predicted octanol–water partition coefficient (Wildman–Crippen LogP) is 0.983. The highest BCUT2D eigenvalue weighted by Crippen LogP contribution is 2.19. The standard InChI is InChI=1S/C8H11N3O/c1-11-12-5-6-3-2-4-7(9)8(6)10/h2-4H,1,5,9-10H2. The van der Waals surface area contributed by atoms with Gasteiger partial charge in [0.1, 0.15) is 6.61 Å². The zero-order valence-electron chi connectivity index (χ0n) is 6.66. The smallest absolute Gasteiger partial charge is 0.144 e. The maximum absolute atomic E-state index is 5.66. The summed E-state index contributed by atoms with van der Waals surface area (Å²) in [6.45, 7) is 3.49. The molecule has 64 valence electrons. The molecule has 1 aromatic carbocycles. The van der Waals surface area contributed by atoms with E-state index in [-0.39, 0.29) is 0 Å². The molecule has 1 rings (SSSR count). The van der Waals surface area contributed by atoms with Gasteiger partial charge in [-0.3, -0.25) is 0 Å². The van der Waals surface area contributed by atoms with Gasteiger partial charge in [0.05, 0.1) is 11.4 Å². The first-order chi connectivity index (χ1) is 5.75. The van der Waals surface area contributed by atoms with E-state index in [9.17, 15) is 0 Å². The molecule has 0 bridgehead atoms. The second kappa shape index (κ2) is 3.61. The highest BCUT2D eigenvalue weighted by atomic mass is 16.6. The lowest BCUT2D eigenvalue weighted by Gasteiger charge is -2.05. The fourth-order valence-corrected chi connectivity index (χ4v) is 0.874. The lowest BCUT2D eigenvalue weighted by atomic mass is 10.1. The fraction of sp³-hybridized carbons (Fsp3) is 0.125. The zero-order chi connectivity index (χ0) is 8.97. The predicted molar refractivity (Wildman–Crippen MR) is 49.6 cm³/mol. The van der Waals surface area contributed by atoms with Gasteiger partial charge in [0.2, 0.25) is 0 Å². The van der Waals surface area contributed by atoms with E-state index in [4.69, 9.17) is 16.3 Å². The SMILES string of the molecule is C=NOCc1cccc(N)c1N. The first-order valence-corrected chi connectivity index (χ1v) is 3.46. The van der Waals surface area contributed by atoms with Gasteiger partial charge in [-0.1, -0.05) is 12.1 Å². The van der Waals surface area contributed by atoms with Crippen molar-refractivity contribution in [2.75, 3.05) is 11.5 Å². The molecule has 0 heterocycles. The molecule has 0 spiro atoms. The van der Waals surface area contributed by atoms with Gasteiger partial charge < -0.3 is 16.3 Å². The number of nitrogens with zero attached hydrogens (tertiary/aromatic N) is 1. The van der Waals surface area contributed by atoms with Crippen molar-refractivity contribution >= 4 is 18.1 Å². The van der Waals surface area contributed by atoms with Crippen LogP contribution in [0.3, 0.4) is 0 Å². The van der Waals surface area contributed by atoms with E-state index < -0.39 is 0 Å². The number of rotatable bonds is 3. The fourth-order valence-electron chi connectivity index (χ4n) is 0.874. The van der Waals surface area contributed by atoms with E-state index in [1.54, 1.807) is 6.07 Å². The normalized spacial score (nSPS) is 9.33. The van der Waals surface area contributed by atoms with Crippen LogP contribution in [0.25, 0.3) is 0 Å². The molecule has 4 heteroatoms. The topological polar surface area (TPSA) is 73.6 Å². The van der Waals surface area contributed by atoms with Gasteiger partial charge in [-0.15, -0.1) is 5.16 Å². The second-order valence-corrected chi connectivity index (χ2v) is 2.32. The summed E-state index contributed by atoms with van der Waals surface area (Å²) in [7, 11) is 0. The summed E-state index contributed by atoms with van der Waals surface area (Å²) in [6, 6.07) is 5.38. The number of anilines is 2. The zero-order valence-corrected chi connectivity index (χ0v) is 6.66. The van der Waals surface area contributed by atoms with E-state index in [1.165, 1.54) is 0 Å². The molecular weight excluding hydrogens is 154 g/mol. The first kappa shape index (κ1) is 8.39. The highest BCUT2D eigenvalue weighted by Gasteiger charge is 2.01. The van der Waals surface area contributed by atoms with Crippen molar-refractivity contribution in [2.24, 2.45) is 5.16 Å². The van der Waals surface area contributed by atoms with Crippen LogP contribution in [-0.2, 0) is 11.4 Å². The van der Waals surface area contributed by atoms with Gasteiger partial charge in [-0.2, -0.15) is 0 Å². The van der Waals surface area contributed by atoms with E-state index in [0.717, 1.165) is 5.56 Å². The number of nitrogens with two attached hydrogens (primary N) is 2. The maximum atomic E-state index is 5.66. The molecule has 1 aromatic rings. The van der Waals surface area contributed by atoms with Crippen LogP contribution < -0.4 is 11.5 Å². The van der Waals surface area contributed by atoms with Crippen molar-refractivity contribution in [3.05, 3.63) is 23.8 Å². The summed E-state index contributed by atoms with van der Waals surface area (Å²) in [4.78, 5) is 4.73. The number of para-hydroxylation sites is 1. The third kappa shape index (κ3) is 1.66. The van der Waals surface area contributed by atoms with E-state index in [2.05, 4.69) is 11.9 Å². The summed E-state index contributed by atoms with van der Waals surface area (Å²) >= 11 is 0. The van der Waals surface area contributed by atoms with E-state index in [0.29, 0.717) is 18.0 Å². The minimum atomic E-state index is 0.306. The van der Waals surface area contributed by atoms with E-state index >= 15 is 0 Å². The van der Waals surface area contributed by atoms with Crippen LogP contribution in [-0.4, -0.2) is 6.72 Å². The minimum Gasteiger partial charge on any atom is -0.397 e. The Hall–Kier alpha value is -1.71. The highest BCUT2D eigenvalue weighted by molar-refractivity contribution is 5.66. The molecule has 0 aliphatic carbocycles. The van der Waals surface area contributed by atoms with Gasteiger partial charge in [-0.05, 0) is 6.07 Å². The van der Waals surface area contributed by atoms with Gasteiger partial charge in [0, 0.05) is 12.3 Å². The molecule has 0 unspecified atom stereocenters. The summed E-state index contributed by atoms with van der Waals surface area (Å²) in [5.74, 6) is 0. The molecule has 0 aromatic heterocycles. The summed E-state index contributed by atoms with van der Waals surface area (Å²) in [6.07, 6.45) is 0. The number of benzene rings is 1.